The summed E-state index contributed by atoms with van der Waals surface area (Å²) in [7, 11) is 0. The summed E-state index contributed by atoms with van der Waals surface area (Å²) in [4.78, 5) is 31.7. The van der Waals surface area contributed by atoms with Crippen LogP contribution in [0.1, 0.15) is 51.4 Å². The first-order valence-electron chi connectivity index (χ1n) is 11.1. The minimum atomic E-state index is -2.89. The molecule has 0 unspecified atom stereocenters. The molecule has 172 valence electrons. The van der Waals surface area contributed by atoms with Gasteiger partial charge in [0.1, 0.15) is 11.0 Å². The normalized spacial score (nSPS) is 22.4. The number of ether oxygens (including phenoxy) is 1. The van der Waals surface area contributed by atoms with Gasteiger partial charge in [-0.2, -0.15) is 8.78 Å². The highest BCUT2D eigenvalue weighted by atomic mass is 32.2. The summed E-state index contributed by atoms with van der Waals surface area (Å²) in [5.74, 6) is -0.161. The number of amides is 2. The number of nitrogens with one attached hydrogen (secondary N) is 1. The van der Waals surface area contributed by atoms with Crippen LogP contribution >= 0.6 is 11.8 Å². The second kappa shape index (κ2) is 10.5. The van der Waals surface area contributed by atoms with E-state index in [-0.39, 0.29) is 30.0 Å². The molecule has 0 spiro atoms. The van der Waals surface area contributed by atoms with Crippen molar-refractivity contribution in [3.63, 3.8) is 0 Å². The van der Waals surface area contributed by atoms with Crippen molar-refractivity contribution in [1.29, 1.82) is 0 Å². The van der Waals surface area contributed by atoms with E-state index in [9.17, 15) is 18.4 Å². The summed E-state index contributed by atoms with van der Waals surface area (Å²) >= 11 is 1.29. The van der Waals surface area contributed by atoms with Crippen molar-refractivity contribution < 1.29 is 23.1 Å². The Morgan fingerprint density at radius 2 is 2.03 bits per heavy atom. The molecule has 0 radical (unpaired) electrons. The Kier molecular flexibility index (Phi) is 7.44. The van der Waals surface area contributed by atoms with Gasteiger partial charge in [0.2, 0.25) is 11.8 Å². The van der Waals surface area contributed by atoms with Crippen LogP contribution in [-0.2, 0) is 9.59 Å². The van der Waals surface area contributed by atoms with Crippen molar-refractivity contribution in [2.45, 2.75) is 69.3 Å². The summed E-state index contributed by atoms with van der Waals surface area (Å²) in [5, 5.41) is 2.97. The van der Waals surface area contributed by atoms with E-state index in [2.05, 4.69) is 21.1 Å². The second-order valence-corrected chi connectivity index (χ2v) is 9.44. The smallest absolute Gasteiger partial charge is 0.387 e. The maximum absolute atomic E-state index is 13.1. The molecule has 1 atom stereocenters. The molecule has 1 aliphatic heterocycles. The number of halogens is 2. The third-order valence-electron chi connectivity index (χ3n) is 5.66. The van der Waals surface area contributed by atoms with Gasteiger partial charge in [-0.1, -0.05) is 23.4 Å². The maximum atomic E-state index is 13.1. The van der Waals surface area contributed by atoms with Crippen LogP contribution in [-0.4, -0.2) is 46.3 Å². The third-order valence-corrected chi connectivity index (χ3v) is 6.84. The zero-order valence-electron chi connectivity index (χ0n) is 17.8. The van der Waals surface area contributed by atoms with Gasteiger partial charge in [-0.3, -0.25) is 14.5 Å². The lowest BCUT2D eigenvalue weighted by molar-refractivity contribution is -0.129. The number of alkyl halides is 2. The van der Waals surface area contributed by atoms with Crippen molar-refractivity contribution >= 4 is 34.4 Å². The summed E-state index contributed by atoms with van der Waals surface area (Å²) in [6.45, 7) is -2.37. The zero-order chi connectivity index (χ0) is 22.5. The first-order chi connectivity index (χ1) is 15.5. The number of aliphatic imine (C=N–C) groups is 1. The lowest BCUT2D eigenvalue weighted by Gasteiger charge is -2.19. The first-order valence-corrected chi connectivity index (χ1v) is 11.9. The lowest BCUT2D eigenvalue weighted by Crippen LogP contribution is -2.36. The molecule has 0 bridgehead atoms. The van der Waals surface area contributed by atoms with E-state index in [1.165, 1.54) is 42.3 Å². The Morgan fingerprint density at radius 3 is 2.69 bits per heavy atom. The molecule has 1 heterocycles. The highest BCUT2D eigenvalue weighted by molar-refractivity contribution is 8.15. The average Bonchev–Trinajstić information content (AvgIpc) is 3.53. The van der Waals surface area contributed by atoms with Crippen molar-refractivity contribution in [3.05, 3.63) is 35.9 Å². The first kappa shape index (κ1) is 22.8. The molecule has 2 amide bonds. The molecule has 1 N–H and O–H groups in total. The van der Waals surface area contributed by atoms with Crippen LogP contribution in [0, 0.1) is 0 Å². The Bertz CT molecular complexity index is 900. The molecule has 1 aromatic rings. The van der Waals surface area contributed by atoms with E-state index >= 15 is 0 Å². The summed E-state index contributed by atoms with van der Waals surface area (Å²) in [6, 6.07) is 6.24. The second-order valence-electron chi connectivity index (χ2n) is 8.27. The topological polar surface area (TPSA) is 71.0 Å². The minimum Gasteiger partial charge on any atom is -0.435 e. The van der Waals surface area contributed by atoms with E-state index < -0.39 is 11.9 Å². The highest BCUT2D eigenvalue weighted by Crippen LogP contribution is 2.33. The standard InChI is InChI=1S/C23H27F2N3O3S/c24-22(25)31-18-10-8-17(9-11-18)27-23-28(13-12-15-4-2-1-3-5-15)21(30)19(32-23)14-20(29)26-16-6-7-16/h4,8-11,16,19,22H,1-3,5-7,12-14H2,(H,26,29)/t19-/m1/s1. The Labute approximate surface area is 190 Å². The van der Waals surface area contributed by atoms with Crippen LogP contribution in [0.3, 0.4) is 0 Å². The predicted octanol–water partition coefficient (Wildman–Crippen LogP) is 4.78. The number of benzene rings is 1. The number of carbonyl (C=O) groups excluding carboxylic acids is 2. The molecule has 4 rings (SSSR count). The maximum Gasteiger partial charge on any atom is 0.387 e. The van der Waals surface area contributed by atoms with Crippen molar-refractivity contribution in [1.82, 2.24) is 10.2 Å². The van der Waals surface area contributed by atoms with Gasteiger partial charge in [-0.25, -0.2) is 4.99 Å². The molecule has 32 heavy (non-hydrogen) atoms. The number of rotatable bonds is 9. The van der Waals surface area contributed by atoms with Crippen molar-refractivity contribution in [3.8, 4) is 5.75 Å². The van der Waals surface area contributed by atoms with E-state index in [4.69, 9.17) is 0 Å². The lowest BCUT2D eigenvalue weighted by atomic mass is 9.97. The number of nitrogens with zero attached hydrogens (tertiary/aromatic N) is 2. The van der Waals surface area contributed by atoms with Crippen LogP contribution in [0.25, 0.3) is 0 Å². The Balaban J connectivity index is 1.47. The molecular formula is C23H27F2N3O3S. The fourth-order valence-electron chi connectivity index (χ4n) is 3.81. The predicted molar refractivity (Wildman–Crippen MR) is 120 cm³/mol. The van der Waals surface area contributed by atoms with Crippen LogP contribution in [0.2, 0.25) is 0 Å². The Hall–Kier alpha value is -2.42. The van der Waals surface area contributed by atoms with E-state index in [0.717, 1.165) is 32.1 Å². The van der Waals surface area contributed by atoms with Gasteiger partial charge in [-0.05, 0) is 69.2 Å². The molecule has 3 aliphatic rings. The van der Waals surface area contributed by atoms with E-state index in [1.807, 2.05) is 0 Å². The number of hydrogen-bond donors (Lipinski definition) is 1. The highest BCUT2D eigenvalue weighted by Gasteiger charge is 2.39. The van der Waals surface area contributed by atoms with Crippen LogP contribution in [0.5, 0.6) is 5.75 Å². The SMILES string of the molecule is O=C(C[C@H]1SC(=Nc2ccc(OC(F)F)cc2)N(CCC2=CCCCC2)C1=O)NC1CC1. The molecule has 2 aliphatic carbocycles. The summed E-state index contributed by atoms with van der Waals surface area (Å²) in [5.41, 5.74) is 1.89. The minimum absolute atomic E-state index is 0.0508. The number of amidine groups is 1. The van der Waals surface area contributed by atoms with Gasteiger partial charge in [0.15, 0.2) is 5.17 Å². The molecule has 1 saturated carbocycles. The number of carbonyl (C=O) groups is 2. The van der Waals surface area contributed by atoms with Gasteiger partial charge >= 0.3 is 6.61 Å². The molecule has 9 heteroatoms. The van der Waals surface area contributed by atoms with Gasteiger partial charge in [-0.15, -0.1) is 0 Å². The average molecular weight is 464 g/mol. The van der Waals surface area contributed by atoms with Gasteiger partial charge in [0, 0.05) is 19.0 Å². The number of allylic oxidation sites excluding steroid dienone is 1. The van der Waals surface area contributed by atoms with E-state index in [1.54, 1.807) is 17.0 Å². The van der Waals surface area contributed by atoms with Crippen molar-refractivity contribution in [2.75, 3.05) is 6.54 Å². The molecular weight excluding hydrogens is 436 g/mol. The van der Waals surface area contributed by atoms with Crippen LogP contribution < -0.4 is 10.1 Å². The number of hydrogen-bond acceptors (Lipinski definition) is 5. The van der Waals surface area contributed by atoms with Gasteiger partial charge in [0.05, 0.1) is 5.69 Å². The van der Waals surface area contributed by atoms with Gasteiger partial charge < -0.3 is 10.1 Å². The van der Waals surface area contributed by atoms with Gasteiger partial charge in [0.25, 0.3) is 0 Å². The zero-order valence-corrected chi connectivity index (χ0v) is 18.6. The third kappa shape index (κ3) is 6.31. The largest absolute Gasteiger partial charge is 0.435 e. The van der Waals surface area contributed by atoms with E-state index in [0.29, 0.717) is 17.4 Å². The molecule has 1 aromatic carbocycles. The summed E-state index contributed by atoms with van der Waals surface area (Å²) in [6.07, 6.45) is 9.68. The van der Waals surface area contributed by atoms with Crippen molar-refractivity contribution in [2.24, 2.45) is 4.99 Å². The molecule has 0 aromatic heterocycles. The quantitative estimate of drug-likeness (QED) is 0.535. The van der Waals surface area contributed by atoms with Crippen LogP contribution in [0.15, 0.2) is 40.9 Å². The summed E-state index contributed by atoms with van der Waals surface area (Å²) < 4.78 is 29.1. The van der Waals surface area contributed by atoms with Crippen LogP contribution in [0.4, 0.5) is 14.5 Å². The fourth-order valence-corrected chi connectivity index (χ4v) is 5.00. The Morgan fingerprint density at radius 1 is 1.25 bits per heavy atom. The molecule has 1 saturated heterocycles. The molecule has 6 nitrogen and oxygen atoms in total. The monoisotopic (exact) mass is 463 g/mol. The number of thioether (sulfide) groups is 1. The molecule has 2 fully saturated rings. The fraction of sp³-hybridized carbons (Fsp3) is 0.522.